The summed E-state index contributed by atoms with van der Waals surface area (Å²) in [7, 11) is 0. The van der Waals surface area contributed by atoms with Crippen LogP contribution in [0.3, 0.4) is 0 Å². The van der Waals surface area contributed by atoms with Gasteiger partial charge in [0, 0.05) is 38.6 Å². The minimum absolute atomic E-state index is 0.0865. The predicted octanol–water partition coefficient (Wildman–Crippen LogP) is 13.8. The summed E-state index contributed by atoms with van der Waals surface area (Å²) in [5.74, 6) is 0. The lowest BCUT2D eigenvalue weighted by Gasteiger charge is -2.28. The fourth-order valence-electron chi connectivity index (χ4n) is 8.20. The summed E-state index contributed by atoms with van der Waals surface area (Å²) in [5, 5.41) is 4.62. The van der Waals surface area contributed by atoms with Crippen molar-refractivity contribution in [1.82, 2.24) is 0 Å². The molecule has 0 fully saturated rings. The fourth-order valence-corrected chi connectivity index (χ4v) is 8.20. The first-order valence-electron chi connectivity index (χ1n) is 17.7. The molecule has 0 atom stereocenters. The number of anilines is 3. The van der Waals surface area contributed by atoms with Gasteiger partial charge in [0.15, 0.2) is 0 Å². The van der Waals surface area contributed by atoms with Gasteiger partial charge in [-0.2, -0.15) is 0 Å². The Hall–Kier alpha value is -6.38. The molecular formula is C49H35NO. The van der Waals surface area contributed by atoms with E-state index in [2.05, 4.69) is 195 Å². The molecule has 1 aromatic heterocycles. The van der Waals surface area contributed by atoms with E-state index in [1.165, 1.54) is 49.9 Å². The molecule has 0 N–H and O–H groups in total. The van der Waals surface area contributed by atoms with Crippen molar-refractivity contribution in [2.45, 2.75) is 19.3 Å². The van der Waals surface area contributed by atoms with E-state index < -0.39 is 0 Å². The van der Waals surface area contributed by atoms with Crippen molar-refractivity contribution in [1.29, 1.82) is 0 Å². The zero-order chi connectivity index (χ0) is 34.1. The number of hydrogen-bond donors (Lipinski definition) is 0. The standard InChI is InChI=1S/C49H35NO/c1-49(2)45-15-9-8-14-41(45)42-28-26-39(31-46(42)49)50(37-22-16-33(17-23-37)32-10-4-3-5-11-32)38-24-18-34(19-25-38)36-21-29-47-44(30-36)43-27-20-35-12-6-7-13-40(35)48(43)51-47/h3-31H,1-2H3. The van der Waals surface area contributed by atoms with Crippen molar-refractivity contribution in [2.75, 3.05) is 4.90 Å². The Morgan fingerprint density at radius 3 is 1.80 bits per heavy atom. The molecule has 0 spiro atoms. The first-order valence-corrected chi connectivity index (χ1v) is 17.7. The van der Waals surface area contributed by atoms with Crippen molar-refractivity contribution >= 4 is 49.8 Å². The molecular weight excluding hydrogens is 619 g/mol. The summed E-state index contributed by atoms with van der Waals surface area (Å²) < 4.78 is 6.40. The van der Waals surface area contributed by atoms with Gasteiger partial charge in [0.2, 0.25) is 0 Å². The highest BCUT2D eigenvalue weighted by Gasteiger charge is 2.35. The van der Waals surface area contributed by atoms with Gasteiger partial charge in [-0.3, -0.25) is 0 Å². The lowest BCUT2D eigenvalue weighted by atomic mass is 9.82. The van der Waals surface area contributed by atoms with Gasteiger partial charge in [0.25, 0.3) is 0 Å². The highest BCUT2D eigenvalue weighted by Crippen LogP contribution is 2.50. The Labute approximate surface area is 297 Å². The van der Waals surface area contributed by atoms with E-state index >= 15 is 0 Å². The van der Waals surface area contributed by atoms with Crippen LogP contribution in [0.15, 0.2) is 180 Å². The maximum absolute atomic E-state index is 6.40. The maximum Gasteiger partial charge on any atom is 0.143 e. The van der Waals surface area contributed by atoms with Crippen LogP contribution in [0.2, 0.25) is 0 Å². The van der Waals surface area contributed by atoms with E-state index in [-0.39, 0.29) is 5.41 Å². The third kappa shape index (κ3) is 4.71. The molecule has 0 saturated carbocycles. The third-order valence-electron chi connectivity index (χ3n) is 10.9. The van der Waals surface area contributed by atoms with Gasteiger partial charge in [0.1, 0.15) is 11.2 Å². The number of benzene rings is 8. The van der Waals surface area contributed by atoms with Gasteiger partial charge in [-0.1, -0.05) is 135 Å². The highest BCUT2D eigenvalue weighted by atomic mass is 16.3. The zero-order valence-corrected chi connectivity index (χ0v) is 28.6. The Balaban J connectivity index is 1.07. The van der Waals surface area contributed by atoms with Gasteiger partial charge in [0.05, 0.1) is 0 Å². The molecule has 8 aromatic carbocycles. The SMILES string of the molecule is CC1(C)c2ccccc2-c2ccc(N(c3ccc(-c4ccccc4)cc3)c3ccc(-c4ccc5oc6c7ccccc7ccc6c5c4)cc3)cc21. The molecule has 0 unspecified atom stereocenters. The third-order valence-corrected chi connectivity index (χ3v) is 10.9. The van der Waals surface area contributed by atoms with E-state index in [4.69, 9.17) is 4.42 Å². The average Bonchev–Trinajstić information content (AvgIpc) is 3.68. The van der Waals surface area contributed by atoms with Gasteiger partial charge in [-0.25, -0.2) is 0 Å². The number of hydrogen-bond acceptors (Lipinski definition) is 2. The van der Waals surface area contributed by atoms with E-state index in [1.54, 1.807) is 0 Å². The molecule has 51 heavy (non-hydrogen) atoms. The number of fused-ring (bicyclic) bond motifs is 8. The molecule has 2 nitrogen and oxygen atoms in total. The molecule has 9 aromatic rings. The normalized spacial score (nSPS) is 13.1. The first-order chi connectivity index (χ1) is 25.0. The molecule has 2 heteroatoms. The summed E-state index contributed by atoms with van der Waals surface area (Å²) in [4.78, 5) is 2.38. The molecule has 1 aliphatic rings. The molecule has 0 saturated heterocycles. The van der Waals surface area contributed by atoms with Crippen molar-refractivity contribution in [3.05, 3.63) is 187 Å². The van der Waals surface area contributed by atoms with Gasteiger partial charge >= 0.3 is 0 Å². The van der Waals surface area contributed by atoms with E-state index in [9.17, 15) is 0 Å². The summed E-state index contributed by atoms with van der Waals surface area (Å²) in [6.07, 6.45) is 0. The topological polar surface area (TPSA) is 16.4 Å². The maximum atomic E-state index is 6.40. The summed E-state index contributed by atoms with van der Waals surface area (Å²) in [6.45, 7) is 4.69. The Bertz CT molecular complexity index is 2750. The van der Waals surface area contributed by atoms with Gasteiger partial charge < -0.3 is 9.32 Å². The average molecular weight is 654 g/mol. The molecule has 0 bridgehead atoms. The molecule has 0 amide bonds. The minimum Gasteiger partial charge on any atom is -0.455 e. The first kappa shape index (κ1) is 29.5. The Morgan fingerprint density at radius 1 is 0.412 bits per heavy atom. The minimum atomic E-state index is -0.0865. The molecule has 1 heterocycles. The molecule has 1 aliphatic carbocycles. The van der Waals surface area contributed by atoms with Crippen LogP contribution >= 0.6 is 0 Å². The molecule has 0 radical (unpaired) electrons. The zero-order valence-electron chi connectivity index (χ0n) is 28.6. The van der Waals surface area contributed by atoms with Crippen molar-refractivity contribution in [2.24, 2.45) is 0 Å². The van der Waals surface area contributed by atoms with Crippen LogP contribution in [0.4, 0.5) is 17.1 Å². The Morgan fingerprint density at radius 2 is 1.02 bits per heavy atom. The van der Waals surface area contributed by atoms with Gasteiger partial charge in [-0.15, -0.1) is 0 Å². The van der Waals surface area contributed by atoms with Crippen molar-refractivity contribution in [3.8, 4) is 33.4 Å². The second-order valence-electron chi connectivity index (χ2n) is 14.2. The predicted molar refractivity (Wildman–Crippen MR) is 214 cm³/mol. The highest BCUT2D eigenvalue weighted by molar-refractivity contribution is 6.15. The van der Waals surface area contributed by atoms with Crippen LogP contribution in [0.1, 0.15) is 25.0 Å². The van der Waals surface area contributed by atoms with Crippen molar-refractivity contribution in [3.63, 3.8) is 0 Å². The number of furan rings is 1. The summed E-state index contributed by atoms with van der Waals surface area (Å²) in [6, 6.07) is 63.7. The van der Waals surface area contributed by atoms with Gasteiger partial charge in [-0.05, 0) is 104 Å². The van der Waals surface area contributed by atoms with E-state index in [1.807, 2.05) is 0 Å². The second kappa shape index (κ2) is 11.3. The monoisotopic (exact) mass is 653 g/mol. The largest absolute Gasteiger partial charge is 0.455 e. The van der Waals surface area contributed by atoms with E-state index in [0.29, 0.717) is 0 Å². The lowest BCUT2D eigenvalue weighted by Crippen LogP contribution is -2.16. The summed E-state index contributed by atoms with van der Waals surface area (Å²) in [5.41, 5.74) is 15.3. The number of nitrogens with zero attached hydrogens (tertiary/aromatic N) is 1. The molecule has 242 valence electrons. The van der Waals surface area contributed by atoms with Crippen LogP contribution in [0, 0.1) is 0 Å². The number of rotatable bonds is 5. The van der Waals surface area contributed by atoms with Crippen LogP contribution in [-0.2, 0) is 5.41 Å². The molecule has 0 aliphatic heterocycles. The second-order valence-corrected chi connectivity index (χ2v) is 14.2. The fraction of sp³-hybridized carbons (Fsp3) is 0.0612. The van der Waals surface area contributed by atoms with Crippen LogP contribution in [-0.4, -0.2) is 0 Å². The van der Waals surface area contributed by atoms with E-state index in [0.717, 1.165) is 44.4 Å². The lowest BCUT2D eigenvalue weighted by molar-refractivity contribution is 0.660. The summed E-state index contributed by atoms with van der Waals surface area (Å²) >= 11 is 0. The Kier molecular flexibility index (Phi) is 6.56. The van der Waals surface area contributed by atoms with Crippen molar-refractivity contribution < 1.29 is 4.42 Å². The van der Waals surface area contributed by atoms with Crippen LogP contribution < -0.4 is 4.90 Å². The van der Waals surface area contributed by atoms with Crippen LogP contribution in [0.25, 0.3) is 66.1 Å². The quantitative estimate of drug-likeness (QED) is 0.184. The van der Waals surface area contributed by atoms with Crippen LogP contribution in [0.5, 0.6) is 0 Å². The smallest absolute Gasteiger partial charge is 0.143 e. The molecule has 10 rings (SSSR count).